The van der Waals surface area contributed by atoms with Crippen LogP contribution in [0.5, 0.6) is 0 Å². The van der Waals surface area contributed by atoms with Crippen LogP contribution in [0, 0.1) is 5.92 Å². The van der Waals surface area contributed by atoms with Gasteiger partial charge in [-0.15, -0.1) is 0 Å². The predicted molar refractivity (Wildman–Crippen MR) is 155 cm³/mol. The Hall–Kier alpha value is -4.17. The van der Waals surface area contributed by atoms with Crippen LogP contribution in [0.2, 0.25) is 0 Å². The zero-order chi connectivity index (χ0) is 28.7. The van der Waals surface area contributed by atoms with Crippen LogP contribution in [0.3, 0.4) is 0 Å². The van der Waals surface area contributed by atoms with Crippen molar-refractivity contribution < 1.29 is 24.2 Å². The molecule has 0 radical (unpaired) electrons. The molecule has 0 heterocycles. The molecule has 212 valence electrons. The van der Waals surface area contributed by atoms with Crippen LogP contribution in [-0.2, 0) is 29.0 Å². The predicted octanol–water partition coefficient (Wildman–Crippen LogP) is 4.36. The molecule has 3 aromatic carbocycles. The molecule has 0 aliphatic heterocycles. The first-order valence-electron chi connectivity index (χ1n) is 13.6. The molecule has 0 saturated carbocycles. The number of aliphatic hydroxyl groups excluding tert-OH is 1. The minimum absolute atomic E-state index is 0.0567. The molecule has 0 fully saturated rings. The van der Waals surface area contributed by atoms with Crippen molar-refractivity contribution >= 4 is 18.4 Å². The maximum atomic E-state index is 13.3. The quantitative estimate of drug-likeness (QED) is 0.261. The van der Waals surface area contributed by atoms with E-state index < -0.39 is 30.3 Å². The van der Waals surface area contributed by atoms with E-state index in [1.165, 1.54) is 4.90 Å². The average molecular weight is 546 g/mol. The number of carbonyl (C=O) groups is 3. The molecule has 2 unspecified atom stereocenters. The van der Waals surface area contributed by atoms with Crippen molar-refractivity contribution in [3.8, 4) is 0 Å². The molecule has 0 saturated heterocycles. The summed E-state index contributed by atoms with van der Waals surface area (Å²) in [7, 11) is 0. The third kappa shape index (κ3) is 10.2. The van der Waals surface area contributed by atoms with Gasteiger partial charge in [-0.05, 0) is 35.4 Å². The van der Waals surface area contributed by atoms with Gasteiger partial charge in [-0.1, -0.05) is 105 Å². The Morgan fingerprint density at radius 2 is 1.40 bits per heavy atom. The highest BCUT2D eigenvalue weighted by Gasteiger charge is 2.28. The molecule has 40 heavy (non-hydrogen) atoms. The van der Waals surface area contributed by atoms with E-state index in [9.17, 15) is 19.5 Å². The molecule has 0 aliphatic carbocycles. The number of benzene rings is 3. The molecule has 3 atom stereocenters. The van der Waals surface area contributed by atoms with Gasteiger partial charge in [0, 0.05) is 6.54 Å². The second kappa shape index (κ2) is 16.1. The first kappa shape index (κ1) is 30.4. The summed E-state index contributed by atoms with van der Waals surface area (Å²) in [4.78, 5) is 39.1. The van der Waals surface area contributed by atoms with Gasteiger partial charge in [0.05, 0.1) is 24.7 Å². The number of aliphatic hydroxyl groups is 1. The van der Waals surface area contributed by atoms with Gasteiger partial charge in [-0.3, -0.25) is 0 Å². The summed E-state index contributed by atoms with van der Waals surface area (Å²) in [5.41, 5.74) is 2.79. The fourth-order valence-electron chi connectivity index (χ4n) is 4.20. The molecule has 3 aromatic rings. The maximum Gasteiger partial charge on any atom is 0.407 e. The Labute approximate surface area is 236 Å². The summed E-state index contributed by atoms with van der Waals surface area (Å²) in [5.74, 6) is -0.0887. The molecule has 8 heteroatoms. The van der Waals surface area contributed by atoms with Crippen molar-refractivity contribution in [1.82, 2.24) is 15.5 Å². The van der Waals surface area contributed by atoms with Gasteiger partial charge in [0.2, 0.25) is 0 Å². The van der Waals surface area contributed by atoms with Crippen molar-refractivity contribution in [2.24, 2.45) is 5.92 Å². The smallest absolute Gasteiger partial charge is 0.407 e. The molecule has 0 spiro atoms. The lowest BCUT2D eigenvalue weighted by molar-refractivity contribution is -0.110. The standard InChI is InChI=1S/C32H39N3O5/c1-24(2)29(22-36)33-31(38)35(19-18-25-12-6-3-7-13-25)21-30(37)28(20-26-14-8-4-9-15-26)34-32(39)40-23-27-16-10-5-11-17-27/h3-17,22,24,28-30,37H,18-21,23H2,1-2H3,(H,33,38)(H,34,39)/t28?,29-,30?/m1/s1. The number of urea groups is 1. The molecule has 0 aromatic heterocycles. The van der Waals surface area contributed by atoms with E-state index in [0.717, 1.165) is 23.0 Å². The molecular weight excluding hydrogens is 506 g/mol. The van der Waals surface area contributed by atoms with Crippen LogP contribution >= 0.6 is 0 Å². The van der Waals surface area contributed by atoms with Gasteiger partial charge < -0.3 is 30.2 Å². The van der Waals surface area contributed by atoms with Crippen molar-refractivity contribution in [2.75, 3.05) is 13.1 Å². The van der Waals surface area contributed by atoms with Crippen LogP contribution in [0.1, 0.15) is 30.5 Å². The number of ether oxygens (including phenoxy) is 1. The lowest BCUT2D eigenvalue weighted by atomic mass is 10.0. The number of nitrogens with one attached hydrogen (secondary N) is 2. The minimum atomic E-state index is -1.11. The molecule has 8 nitrogen and oxygen atoms in total. The topological polar surface area (TPSA) is 108 Å². The monoisotopic (exact) mass is 545 g/mol. The molecule has 0 aliphatic rings. The fraction of sp³-hybridized carbons (Fsp3) is 0.344. The Kier molecular flexibility index (Phi) is 12.2. The van der Waals surface area contributed by atoms with Crippen molar-refractivity contribution in [2.45, 2.75) is 51.5 Å². The van der Waals surface area contributed by atoms with Crippen molar-refractivity contribution in [3.63, 3.8) is 0 Å². The minimum Gasteiger partial charge on any atom is -0.445 e. The Morgan fingerprint density at radius 3 is 1.95 bits per heavy atom. The summed E-state index contributed by atoms with van der Waals surface area (Å²) in [5, 5.41) is 16.9. The SMILES string of the molecule is CC(C)[C@@H](C=O)NC(=O)N(CCc1ccccc1)CC(O)C(Cc1ccccc1)NC(=O)OCc1ccccc1. The summed E-state index contributed by atoms with van der Waals surface area (Å²) in [6.07, 6.45) is -0.162. The number of amides is 3. The van der Waals surface area contributed by atoms with Crippen molar-refractivity contribution in [1.29, 1.82) is 0 Å². The van der Waals surface area contributed by atoms with Gasteiger partial charge >= 0.3 is 12.1 Å². The number of hydrogen-bond donors (Lipinski definition) is 3. The van der Waals surface area contributed by atoms with Crippen LogP contribution in [-0.4, -0.2) is 59.7 Å². The van der Waals surface area contributed by atoms with Crippen LogP contribution < -0.4 is 10.6 Å². The summed E-state index contributed by atoms with van der Waals surface area (Å²) >= 11 is 0. The van der Waals surface area contributed by atoms with Gasteiger partial charge in [0.15, 0.2) is 0 Å². The summed E-state index contributed by atoms with van der Waals surface area (Å²) < 4.78 is 5.40. The van der Waals surface area contributed by atoms with Crippen LogP contribution in [0.25, 0.3) is 0 Å². The largest absolute Gasteiger partial charge is 0.445 e. The van der Waals surface area contributed by atoms with Gasteiger partial charge in [0.1, 0.15) is 12.9 Å². The highest BCUT2D eigenvalue weighted by Crippen LogP contribution is 2.11. The molecule has 3 rings (SSSR count). The second-order valence-corrected chi connectivity index (χ2v) is 10.1. The zero-order valence-corrected chi connectivity index (χ0v) is 23.1. The summed E-state index contributed by atoms with van der Waals surface area (Å²) in [6.45, 7) is 4.05. The van der Waals surface area contributed by atoms with Gasteiger partial charge in [-0.2, -0.15) is 0 Å². The van der Waals surface area contributed by atoms with E-state index in [1.807, 2.05) is 105 Å². The Morgan fingerprint density at radius 1 is 0.850 bits per heavy atom. The lowest BCUT2D eigenvalue weighted by Crippen LogP contribution is -2.54. The molecular formula is C32H39N3O5. The van der Waals surface area contributed by atoms with Crippen LogP contribution in [0.4, 0.5) is 9.59 Å². The number of alkyl carbamates (subject to hydrolysis) is 1. The van der Waals surface area contributed by atoms with Gasteiger partial charge in [0.25, 0.3) is 0 Å². The van der Waals surface area contributed by atoms with Gasteiger partial charge in [-0.25, -0.2) is 9.59 Å². The normalized spacial score (nSPS) is 13.1. The van der Waals surface area contributed by atoms with E-state index in [1.54, 1.807) is 0 Å². The maximum absolute atomic E-state index is 13.3. The number of nitrogens with zero attached hydrogens (tertiary/aromatic N) is 1. The molecule has 3 N–H and O–H groups in total. The average Bonchev–Trinajstić information content (AvgIpc) is 2.97. The number of carbonyl (C=O) groups excluding carboxylic acids is 3. The number of aldehydes is 1. The highest BCUT2D eigenvalue weighted by molar-refractivity contribution is 5.78. The van der Waals surface area contributed by atoms with E-state index in [2.05, 4.69) is 10.6 Å². The Balaban J connectivity index is 1.74. The lowest BCUT2D eigenvalue weighted by Gasteiger charge is -2.31. The second-order valence-electron chi connectivity index (χ2n) is 10.1. The third-order valence-electron chi connectivity index (χ3n) is 6.64. The molecule has 0 bridgehead atoms. The highest BCUT2D eigenvalue weighted by atomic mass is 16.5. The third-order valence-corrected chi connectivity index (χ3v) is 6.64. The van der Waals surface area contributed by atoms with E-state index in [-0.39, 0.29) is 19.1 Å². The Bertz CT molecular complexity index is 1170. The van der Waals surface area contributed by atoms with Crippen molar-refractivity contribution in [3.05, 3.63) is 108 Å². The summed E-state index contributed by atoms with van der Waals surface area (Å²) in [6, 6.07) is 26.7. The number of rotatable bonds is 14. The molecule has 3 amide bonds. The van der Waals surface area contributed by atoms with Crippen LogP contribution in [0.15, 0.2) is 91.0 Å². The van der Waals surface area contributed by atoms with E-state index in [4.69, 9.17) is 4.74 Å². The van der Waals surface area contributed by atoms with E-state index in [0.29, 0.717) is 19.4 Å². The first-order valence-corrected chi connectivity index (χ1v) is 13.6. The van der Waals surface area contributed by atoms with E-state index >= 15 is 0 Å². The number of hydrogen-bond acceptors (Lipinski definition) is 5. The zero-order valence-electron chi connectivity index (χ0n) is 23.1. The first-order chi connectivity index (χ1) is 19.4. The fourth-order valence-corrected chi connectivity index (χ4v) is 4.20.